The zero-order chi connectivity index (χ0) is 33.8. The molecule has 3 rings (SSSR count). The minimum atomic E-state index is -2.41. The van der Waals surface area contributed by atoms with Crippen LogP contribution in [-0.2, 0) is 23.2 Å². The van der Waals surface area contributed by atoms with Crippen molar-refractivity contribution in [3.8, 4) is 0 Å². The van der Waals surface area contributed by atoms with E-state index in [1.54, 1.807) is 18.4 Å². The number of carbonyl (C=O) groups is 2. The largest absolute Gasteiger partial charge is 0.413 e. The number of rotatable bonds is 9. The van der Waals surface area contributed by atoms with E-state index in [9.17, 15) is 14.4 Å². The summed E-state index contributed by atoms with van der Waals surface area (Å²) in [6.07, 6.45) is 0.473. The average Bonchev–Trinajstić information content (AvgIpc) is 3.42. The zero-order valence-electron chi connectivity index (χ0n) is 29.5. The Morgan fingerprint density at radius 3 is 2.14 bits per heavy atom. The lowest BCUT2D eigenvalue weighted by atomic mass is 9.78. The summed E-state index contributed by atoms with van der Waals surface area (Å²) < 4.78 is 22.4. The Labute approximate surface area is 264 Å². The predicted molar refractivity (Wildman–Crippen MR) is 179 cm³/mol. The third-order valence-electron chi connectivity index (χ3n) is 9.55. The van der Waals surface area contributed by atoms with Gasteiger partial charge in [0.2, 0.25) is 11.9 Å². The quantitative estimate of drug-likeness (QED) is 0.298. The van der Waals surface area contributed by atoms with Crippen molar-refractivity contribution in [1.82, 2.24) is 19.5 Å². The van der Waals surface area contributed by atoms with Gasteiger partial charge in [0.1, 0.15) is 6.23 Å². The van der Waals surface area contributed by atoms with Gasteiger partial charge in [0.15, 0.2) is 39.2 Å². The van der Waals surface area contributed by atoms with Crippen LogP contribution in [0, 0.1) is 11.3 Å². The molecule has 0 spiro atoms. The number of nitrogens with zero attached hydrogens (tertiary/aromatic N) is 3. The van der Waals surface area contributed by atoms with E-state index in [1.165, 1.54) is 6.33 Å². The SMILES string of the molecule is CC(C)C(=O)Nc1nc2c(ncn2[C@H]2C[C@H](O[Si](C)(C)C(C)(C)C)[C@](CO[Si](C)(C)C(C)(C)C)(C(=O)C(C)(C)C)O2)c(=O)[nH]1. The second kappa shape index (κ2) is 11.9. The minimum absolute atomic E-state index is 0.0216. The van der Waals surface area contributed by atoms with Gasteiger partial charge in [-0.25, -0.2) is 4.98 Å². The van der Waals surface area contributed by atoms with E-state index < -0.39 is 45.5 Å². The lowest BCUT2D eigenvalue weighted by Crippen LogP contribution is -2.61. The first-order valence-corrected chi connectivity index (χ1v) is 21.4. The summed E-state index contributed by atoms with van der Waals surface area (Å²) in [5.41, 5.74) is -2.32. The zero-order valence-corrected chi connectivity index (χ0v) is 31.5. The van der Waals surface area contributed by atoms with Crippen LogP contribution >= 0.6 is 0 Å². The highest BCUT2D eigenvalue weighted by Crippen LogP contribution is 2.48. The number of amides is 1. The number of aromatic amines is 1. The maximum atomic E-state index is 14.6. The molecule has 248 valence electrons. The smallest absolute Gasteiger partial charge is 0.280 e. The molecule has 3 heterocycles. The molecule has 0 aromatic carbocycles. The molecule has 1 aliphatic heterocycles. The van der Waals surface area contributed by atoms with Crippen molar-refractivity contribution in [3.05, 3.63) is 16.7 Å². The maximum absolute atomic E-state index is 14.6. The van der Waals surface area contributed by atoms with E-state index in [4.69, 9.17) is 13.6 Å². The lowest BCUT2D eigenvalue weighted by molar-refractivity contribution is -0.169. The summed E-state index contributed by atoms with van der Waals surface area (Å²) in [6.45, 7) is 30.9. The normalized spacial score (nSPS) is 22.2. The van der Waals surface area contributed by atoms with E-state index in [-0.39, 0.29) is 51.4 Å². The van der Waals surface area contributed by atoms with Crippen LogP contribution in [0.2, 0.25) is 36.3 Å². The van der Waals surface area contributed by atoms with Gasteiger partial charge in [0, 0.05) is 17.8 Å². The molecule has 1 aliphatic rings. The molecule has 0 bridgehead atoms. The fourth-order valence-electron chi connectivity index (χ4n) is 4.57. The van der Waals surface area contributed by atoms with Gasteiger partial charge >= 0.3 is 0 Å². The van der Waals surface area contributed by atoms with Crippen molar-refractivity contribution < 1.29 is 23.2 Å². The fraction of sp³-hybridized carbons (Fsp3) is 0.774. The summed E-state index contributed by atoms with van der Waals surface area (Å²) in [5.74, 6) is -0.670. The standard InChI is InChI=1S/C31H55N5O6Si2/c1-19(2)24(37)34-27-33-23-22(25(38)35-27)32-18-36(23)21-16-20(42-44(14,15)30(9,10)11)31(41-21,26(39)28(3,4)5)17-40-43(12,13)29(6,7)8/h18-21H,16-17H2,1-15H3,(H2,33,34,35,37,38)/t20-,21+,31+/m0/s1. The Morgan fingerprint density at radius 1 is 1.07 bits per heavy atom. The molecule has 2 aromatic heterocycles. The van der Waals surface area contributed by atoms with Crippen molar-refractivity contribution in [2.24, 2.45) is 11.3 Å². The number of carbonyl (C=O) groups excluding carboxylic acids is 2. The molecular weight excluding hydrogens is 595 g/mol. The Morgan fingerprint density at radius 2 is 1.64 bits per heavy atom. The monoisotopic (exact) mass is 649 g/mol. The second-order valence-corrected chi connectivity index (χ2v) is 26.1. The van der Waals surface area contributed by atoms with Crippen LogP contribution in [0.5, 0.6) is 0 Å². The summed E-state index contributed by atoms with van der Waals surface area (Å²) >= 11 is 0. The van der Waals surface area contributed by atoms with Gasteiger partial charge in [-0.3, -0.25) is 29.3 Å². The van der Waals surface area contributed by atoms with E-state index in [0.717, 1.165) is 0 Å². The number of hydrogen-bond donors (Lipinski definition) is 2. The van der Waals surface area contributed by atoms with Gasteiger partial charge in [-0.1, -0.05) is 76.2 Å². The number of ether oxygens (including phenoxy) is 1. The highest BCUT2D eigenvalue weighted by atomic mass is 28.4. The van der Waals surface area contributed by atoms with E-state index in [0.29, 0.717) is 6.42 Å². The summed E-state index contributed by atoms with van der Waals surface area (Å²) in [7, 11) is -4.72. The van der Waals surface area contributed by atoms with Gasteiger partial charge < -0.3 is 13.6 Å². The Bertz CT molecular complexity index is 1440. The number of fused-ring (bicyclic) bond motifs is 1. The van der Waals surface area contributed by atoms with Crippen molar-refractivity contribution >= 4 is 45.4 Å². The van der Waals surface area contributed by atoms with Gasteiger partial charge in [-0.15, -0.1) is 0 Å². The van der Waals surface area contributed by atoms with Gasteiger partial charge in [-0.2, -0.15) is 4.98 Å². The number of hydrogen-bond acceptors (Lipinski definition) is 8. The van der Waals surface area contributed by atoms with Gasteiger partial charge in [0.05, 0.1) is 19.0 Å². The molecule has 0 radical (unpaired) electrons. The first-order chi connectivity index (χ1) is 19.7. The topological polar surface area (TPSA) is 137 Å². The molecule has 11 nitrogen and oxygen atoms in total. The third kappa shape index (κ3) is 7.11. The highest BCUT2D eigenvalue weighted by Gasteiger charge is 2.61. The number of Topliss-reactive ketones (excluding diaryl/α,β-unsaturated/α-hetero) is 1. The van der Waals surface area contributed by atoms with Crippen LogP contribution in [-0.4, -0.2) is 66.2 Å². The molecule has 2 N–H and O–H groups in total. The second-order valence-electron chi connectivity index (χ2n) is 16.6. The number of H-pyrrole nitrogens is 1. The van der Waals surface area contributed by atoms with Gasteiger partial charge in [-0.05, 0) is 36.3 Å². The van der Waals surface area contributed by atoms with Crippen LogP contribution in [0.4, 0.5) is 5.95 Å². The first kappa shape index (κ1) is 36.3. The van der Waals surface area contributed by atoms with Gasteiger partial charge in [0.25, 0.3) is 5.56 Å². The molecule has 1 saturated heterocycles. The van der Waals surface area contributed by atoms with E-state index in [1.807, 2.05) is 20.8 Å². The number of ketones is 1. The van der Waals surface area contributed by atoms with Crippen LogP contribution < -0.4 is 10.9 Å². The lowest BCUT2D eigenvalue weighted by Gasteiger charge is -2.45. The number of anilines is 1. The molecule has 0 saturated carbocycles. The fourth-order valence-corrected chi connectivity index (χ4v) is 6.93. The van der Waals surface area contributed by atoms with E-state index in [2.05, 4.69) is 88.0 Å². The molecule has 13 heteroatoms. The predicted octanol–water partition coefficient (Wildman–Crippen LogP) is 6.40. The highest BCUT2D eigenvalue weighted by molar-refractivity contribution is 6.74. The van der Waals surface area contributed by atoms with E-state index >= 15 is 0 Å². The average molecular weight is 650 g/mol. The Kier molecular flexibility index (Phi) is 9.78. The van der Waals surface area contributed by atoms with Crippen molar-refractivity contribution in [3.63, 3.8) is 0 Å². The number of aromatic nitrogens is 4. The van der Waals surface area contributed by atoms with Crippen molar-refractivity contribution in [2.75, 3.05) is 11.9 Å². The number of nitrogens with one attached hydrogen (secondary N) is 2. The van der Waals surface area contributed by atoms with Crippen molar-refractivity contribution in [2.45, 2.75) is 137 Å². The minimum Gasteiger partial charge on any atom is -0.413 e. The Hall–Kier alpha value is -2.20. The molecule has 2 aromatic rings. The molecule has 44 heavy (non-hydrogen) atoms. The first-order valence-electron chi connectivity index (χ1n) is 15.6. The van der Waals surface area contributed by atoms with Crippen LogP contribution in [0.3, 0.4) is 0 Å². The molecule has 1 amide bonds. The maximum Gasteiger partial charge on any atom is 0.280 e. The van der Waals surface area contributed by atoms with Crippen LogP contribution in [0.25, 0.3) is 11.2 Å². The molecule has 1 fully saturated rings. The van der Waals surface area contributed by atoms with Crippen LogP contribution in [0.1, 0.15) is 88.8 Å². The molecule has 0 aliphatic carbocycles. The summed E-state index contributed by atoms with van der Waals surface area (Å²) in [5, 5.41) is 2.46. The third-order valence-corrected chi connectivity index (χ3v) is 18.5. The van der Waals surface area contributed by atoms with Crippen LogP contribution in [0.15, 0.2) is 11.1 Å². The van der Waals surface area contributed by atoms with Crippen molar-refractivity contribution in [1.29, 1.82) is 0 Å². The summed E-state index contributed by atoms with van der Waals surface area (Å²) in [4.78, 5) is 51.4. The summed E-state index contributed by atoms with van der Waals surface area (Å²) in [6, 6.07) is 0. The molecule has 3 atom stereocenters. The number of imidazole rings is 1. The Balaban J connectivity index is 2.21. The molecular formula is C31H55N5O6Si2. The molecule has 0 unspecified atom stereocenters.